The average Bonchev–Trinajstić information content (AvgIpc) is 3.07. The summed E-state index contributed by atoms with van der Waals surface area (Å²) in [5, 5.41) is 38.8. The molecule has 5 aromatic rings. The van der Waals surface area contributed by atoms with Crippen LogP contribution >= 0.6 is 0 Å². The Bertz CT molecular complexity index is 2280. The van der Waals surface area contributed by atoms with Crippen molar-refractivity contribution >= 4 is 90.6 Å². The molecule has 0 spiro atoms. The molecule has 0 bridgehead atoms. The number of nitrogens with zero attached hydrogens (tertiary/aromatic N) is 2. The van der Waals surface area contributed by atoms with Crippen LogP contribution in [-0.2, 0) is 23.9 Å². The Balaban J connectivity index is 1.42. The number of hydrogen-bond donors (Lipinski definition) is 0. The van der Waals surface area contributed by atoms with E-state index in [1.54, 1.807) is 24.3 Å². The molecule has 0 fully saturated rings. The summed E-state index contributed by atoms with van der Waals surface area (Å²) in [5.74, 6) is -9.50. The minimum absolute atomic E-state index is 0.00484. The third-order valence-corrected chi connectivity index (χ3v) is 9.34. The number of amides is 4. The topological polar surface area (TPSA) is 221 Å². The zero-order chi connectivity index (χ0) is 35.0. The SMILES string of the molecule is COC(=O)CC[C@H](C(=O)[O-])N1C(=O)c2ccc3c4ccc5c6c(ccc(c7ccc(c2c37)C1=O)c64)C(=O)N([C@@H](CCC(=O)[O-])C(=O)[O-])C5=O. The fourth-order valence-corrected chi connectivity index (χ4v) is 7.19. The molecule has 14 nitrogen and oxygen atoms in total. The van der Waals surface area contributed by atoms with Gasteiger partial charge in [-0.1, -0.05) is 24.3 Å². The van der Waals surface area contributed by atoms with Gasteiger partial charge in [0, 0.05) is 45.4 Å². The summed E-state index contributed by atoms with van der Waals surface area (Å²) in [4.78, 5) is 103. The van der Waals surface area contributed by atoms with Crippen molar-refractivity contribution in [3.05, 3.63) is 70.8 Å². The summed E-state index contributed by atoms with van der Waals surface area (Å²) in [6.07, 6.45) is -2.14. The molecule has 2 atom stereocenters. The van der Waals surface area contributed by atoms with E-state index in [-0.39, 0.29) is 39.4 Å². The molecule has 0 saturated carbocycles. The van der Waals surface area contributed by atoms with Gasteiger partial charge in [-0.2, -0.15) is 0 Å². The molecular formula is C35H21N2O12-3. The molecule has 2 aliphatic heterocycles. The van der Waals surface area contributed by atoms with Gasteiger partial charge in [0.25, 0.3) is 23.6 Å². The normalized spacial score (nSPS) is 15.4. The van der Waals surface area contributed by atoms with E-state index in [0.717, 1.165) is 7.11 Å². The third-order valence-electron chi connectivity index (χ3n) is 9.34. The molecule has 0 unspecified atom stereocenters. The molecule has 0 saturated heterocycles. The number of carbonyl (C=O) groups excluding carboxylic acids is 8. The number of rotatable bonds is 10. The van der Waals surface area contributed by atoms with Crippen LogP contribution < -0.4 is 15.3 Å². The van der Waals surface area contributed by atoms with Crippen LogP contribution in [0.3, 0.4) is 0 Å². The van der Waals surface area contributed by atoms with E-state index in [1.807, 2.05) is 0 Å². The first kappa shape index (κ1) is 31.2. The molecule has 2 heterocycles. The number of carbonyl (C=O) groups is 8. The summed E-state index contributed by atoms with van der Waals surface area (Å²) < 4.78 is 4.57. The van der Waals surface area contributed by atoms with Gasteiger partial charge in [0.1, 0.15) is 0 Å². The first-order valence-corrected chi connectivity index (χ1v) is 15.0. The lowest BCUT2D eigenvalue weighted by atomic mass is 9.82. The number of methoxy groups -OCH3 is 1. The van der Waals surface area contributed by atoms with Gasteiger partial charge in [0.2, 0.25) is 0 Å². The molecule has 246 valence electrons. The highest BCUT2D eigenvalue weighted by Gasteiger charge is 2.41. The fraction of sp³-hybridized carbons (Fsp3) is 0.200. The van der Waals surface area contributed by atoms with Crippen LogP contribution in [0.25, 0.3) is 43.1 Å². The van der Waals surface area contributed by atoms with Crippen molar-refractivity contribution in [3.8, 4) is 0 Å². The number of hydrogen-bond acceptors (Lipinski definition) is 12. The van der Waals surface area contributed by atoms with Gasteiger partial charge in [-0.3, -0.25) is 33.8 Å². The van der Waals surface area contributed by atoms with E-state index in [2.05, 4.69) is 4.74 Å². The van der Waals surface area contributed by atoms with E-state index >= 15 is 0 Å². The van der Waals surface area contributed by atoms with E-state index < -0.39 is 78.9 Å². The summed E-state index contributed by atoms with van der Waals surface area (Å²) >= 11 is 0. The Morgan fingerprint density at radius 2 is 0.878 bits per heavy atom. The van der Waals surface area contributed by atoms with E-state index in [4.69, 9.17) is 0 Å². The number of ether oxygens (including phenoxy) is 1. The predicted octanol–water partition coefficient (Wildman–Crippen LogP) is -0.350. The zero-order valence-corrected chi connectivity index (χ0v) is 25.4. The van der Waals surface area contributed by atoms with Crippen LogP contribution in [0.4, 0.5) is 0 Å². The smallest absolute Gasteiger partial charge is 0.305 e. The minimum atomic E-state index is -1.86. The molecule has 7 rings (SSSR count). The predicted molar refractivity (Wildman–Crippen MR) is 162 cm³/mol. The lowest BCUT2D eigenvalue weighted by Crippen LogP contribution is -2.55. The highest BCUT2D eigenvalue weighted by Crippen LogP contribution is 2.46. The summed E-state index contributed by atoms with van der Waals surface area (Å²) in [6.45, 7) is 0. The van der Waals surface area contributed by atoms with Gasteiger partial charge < -0.3 is 34.4 Å². The second-order valence-corrected chi connectivity index (χ2v) is 11.8. The van der Waals surface area contributed by atoms with E-state index in [1.165, 1.54) is 24.3 Å². The highest BCUT2D eigenvalue weighted by molar-refractivity contribution is 6.41. The lowest BCUT2D eigenvalue weighted by Gasteiger charge is -2.35. The van der Waals surface area contributed by atoms with Crippen LogP contribution in [0.1, 0.15) is 67.1 Å². The van der Waals surface area contributed by atoms with Crippen LogP contribution in [0.15, 0.2) is 48.5 Å². The van der Waals surface area contributed by atoms with Gasteiger partial charge in [-0.25, -0.2) is 0 Å². The van der Waals surface area contributed by atoms with Gasteiger partial charge in [-0.05, 0) is 75.8 Å². The summed E-state index contributed by atoms with van der Waals surface area (Å²) in [5.41, 5.74) is 0.0920. The molecular weight excluding hydrogens is 640 g/mol. The highest BCUT2D eigenvalue weighted by atomic mass is 16.5. The average molecular weight is 662 g/mol. The molecule has 0 radical (unpaired) electrons. The van der Waals surface area contributed by atoms with Gasteiger partial charge in [-0.15, -0.1) is 0 Å². The largest absolute Gasteiger partial charge is 0.550 e. The van der Waals surface area contributed by atoms with Crippen molar-refractivity contribution in [2.45, 2.75) is 37.8 Å². The number of carboxylic acids is 3. The number of esters is 1. The maximum Gasteiger partial charge on any atom is 0.305 e. The molecule has 0 aliphatic carbocycles. The molecule has 5 aromatic carbocycles. The fourth-order valence-electron chi connectivity index (χ4n) is 7.19. The van der Waals surface area contributed by atoms with Gasteiger partial charge >= 0.3 is 5.97 Å². The first-order chi connectivity index (χ1) is 23.4. The number of carboxylic acid groups (broad SMARTS) is 3. The summed E-state index contributed by atoms with van der Waals surface area (Å²) in [6, 6.07) is 8.51. The van der Waals surface area contributed by atoms with Crippen LogP contribution in [0.5, 0.6) is 0 Å². The second-order valence-electron chi connectivity index (χ2n) is 11.8. The van der Waals surface area contributed by atoms with Crippen molar-refractivity contribution in [2.75, 3.05) is 7.11 Å². The van der Waals surface area contributed by atoms with E-state index in [9.17, 15) is 53.7 Å². The standard InChI is InChI=1S/C35H24N2O12/c1-49-25(40)13-11-23(35(47)48)37-32(43)20-8-4-16-14-2-6-18-28-19(31(42)36(30(18)41)22(34(45)46)10-12-24(38)39)7-3-15(26(14)28)17-5-9-21(33(37)44)29(20)27(16)17/h2-9,22-23H,10-13H2,1H3,(H,38,39)(H,45,46)(H,47,48)/p-3/t22-,23+/m0/s1. The van der Waals surface area contributed by atoms with Crippen LogP contribution in [0.2, 0.25) is 0 Å². The number of fused-ring (bicyclic) bond motifs is 2. The Hall–Kier alpha value is -6.44. The molecule has 2 aliphatic rings. The minimum Gasteiger partial charge on any atom is -0.550 e. The summed E-state index contributed by atoms with van der Waals surface area (Å²) in [7, 11) is 1.12. The molecule has 49 heavy (non-hydrogen) atoms. The van der Waals surface area contributed by atoms with Crippen LogP contribution in [0, 0.1) is 0 Å². The molecule has 4 amide bonds. The molecule has 0 aromatic heterocycles. The molecule has 0 N–H and O–H groups in total. The van der Waals surface area contributed by atoms with Crippen molar-refractivity contribution in [1.82, 2.24) is 9.80 Å². The van der Waals surface area contributed by atoms with Crippen molar-refractivity contribution in [1.29, 1.82) is 0 Å². The Labute approximate surface area is 274 Å². The maximum atomic E-state index is 13.8. The van der Waals surface area contributed by atoms with Crippen molar-refractivity contribution < 1.29 is 58.4 Å². The van der Waals surface area contributed by atoms with E-state index in [0.29, 0.717) is 42.1 Å². The quantitative estimate of drug-likeness (QED) is 0.0811. The number of imide groups is 2. The maximum absolute atomic E-state index is 13.8. The Kier molecular flexibility index (Phi) is 7.05. The van der Waals surface area contributed by atoms with Gasteiger partial charge in [0.05, 0.1) is 31.1 Å². The van der Waals surface area contributed by atoms with Crippen molar-refractivity contribution in [2.24, 2.45) is 0 Å². The van der Waals surface area contributed by atoms with Crippen LogP contribution in [-0.4, -0.2) is 76.5 Å². The number of benzene rings is 5. The number of aliphatic carboxylic acids is 3. The second kappa shape index (κ2) is 11.1. The zero-order valence-electron chi connectivity index (χ0n) is 25.4. The Morgan fingerprint density at radius 1 is 0.551 bits per heavy atom. The third kappa shape index (κ3) is 4.40. The Morgan fingerprint density at radius 3 is 1.16 bits per heavy atom. The first-order valence-electron chi connectivity index (χ1n) is 15.0. The van der Waals surface area contributed by atoms with Gasteiger partial charge in [0.15, 0.2) is 0 Å². The monoisotopic (exact) mass is 661 g/mol. The van der Waals surface area contributed by atoms with Crippen molar-refractivity contribution in [3.63, 3.8) is 0 Å². The lowest BCUT2D eigenvalue weighted by molar-refractivity contribution is -0.312. The molecule has 14 heteroatoms.